The molecule has 1 rings (SSSR count). The van der Waals surface area contributed by atoms with E-state index in [2.05, 4.69) is 15.9 Å². The molecular formula is C7H8BrNO3. The zero-order valence-electron chi connectivity index (χ0n) is 6.33. The van der Waals surface area contributed by atoms with E-state index in [0.29, 0.717) is 5.76 Å². The fourth-order valence-electron chi connectivity index (χ4n) is 0.840. The Morgan fingerprint density at radius 3 is 2.83 bits per heavy atom. The molecule has 1 aromatic rings. The molecule has 0 spiro atoms. The number of nitrogens with zero attached hydrogens (tertiary/aromatic N) is 1. The molecule has 12 heavy (non-hydrogen) atoms. The second-order valence-electron chi connectivity index (χ2n) is 2.29. The lowest BCUT2D eigenvalue weighted by atomic mass is 10.3. The Balaban J connectivity index is 2.58. The standard InChI is InChI=1S/C7H8BrNO3/c8-5-1-2-6-3-4-7(12-6)9(10)11/h3-4H,1-2,5H2. The summed E-state index contributed by atoms with van der Waals surface area (Å²) in [6.07, 6.45) is 1.66. The van der Waals surface area contributed by atoms with Crippen molar-refractivity contribution in [3.8, 4) is 0 Å². The van der Waals surface area contributed by atoms with Crippen LogP contribution in [0.15, 0.2) is 16.5 Å². The molecule has 0 radical (unpaired) electrons. The van der Waals surface area contributed by atoms with Gasteiger partial charge in [0.2, 0.25) is 0 Å². The van der Waals surface area contributed by atoms with E-state index in [0.717, 1.165) is 18.2 Å². The van der Waals surface area contributed by atoms with E-state index in [1.165, 1.54) is 6.07 Å². The van der Waals surface area contributed by atoms with Crippen molar-refractivity contribution >= 4 is 21.8 Å². The molecule has 0 bridgehead atoms. The number of halogens is 1. The van der Waals surface area contributed by atoms with E-state index in [-0.39, 0.29) is 5.88 Å². The molecule has 0 unspecified atom stereocenters. The quantitative estimate of drug-likeness (QED) is 0.456. The summed E-state index contributed by atoms with van der Waals surface area (Å²) in [5.41, 5.74) is 0. The average Bonchev–Trinajstić information content (AvgIpc) is 2.48. The van der Waals surface area contributed by atoms with Crippen molar-refractivity contribution in [3.05, 3.63) is 28.0 Å². The van der Waals surface area contributed by atoms with Gasteiger partial charge in [0.1, 0.15) is 10.7 Å². The molecule has 1 heterocycles. The molecule has 4 nitrogen and oxygen atoms in total. The van der Waals surface area contributed by atoms with Crippen LogP contribution in [0.1, 0.15) is 12.2 Å². The molecule has 0 N–H and O–H groups in total. The van der Waals surface area contributed by atoms with Crippen LogP contribution in [0.3, 0.4) is 0 Å². The second kappa shape index (κ2) is 4.25. The van der Waals surface area contributed by atoms with Crippen molar-refractivity contribution in [2.24, 2.45) is 0 Å². The fourth-order valence-corrected chi connectivity index (χ4v) is 1.12. The van der Waals surface area contributed by atoms with Crippen LogP contribution >= 0.6 is 15.9 Å². The van der Waals surface area contributed by atoms with Crippen LogP contribution in [0.4, 0.5) is 5.88 Å². The topological polar surface area (TPSA) is 56.3 Å². The summed E-state index contributed by atoms with van der Waals surface area (Å²) in [4.78, 5) is 9.66. The Bertz CT molecular complexity index is 271. The van der Waals surface area contributed by atoms with E-state index in [1.807, 2.05) is 0 Å². The highest BCUT2D eigenvalue weighted by Gasteiger charge is 2.10. The molecule has 5 heteroatoms. The summed E-state index contributed by atoms with van der Waals surface area (Å²) >= 11 is 3.27. The van der Waals surface area contributed by atoms with Gasteiger partial charge in [-0.3, -0.25) is 10.1 Å². The van der Waals surface area contributed by atoms with E-state index >= 15 is 0 Å². The van der Waals surface area contributed by atoms with Crippen molar-refractivity contribution in [1.82, 2.24) is 0 Å². The Hall–Kier alpha value is -0.840. The van der Waals surface area contributed by atoms with Crippen LogP contribution in [0.25, 0.3) is 0 Å². The number of alkyl halides is 1. The summed E-state index contributed by atoms with van der Waals surface area (Å²) in [7, 11) is 0. The summed E-state index contributed by atoms with van der Waals surface area (Å²) in [6, 6.07) is 3.02. The predicted octanol–water partition coefficient (Wildman–Crippen LogP) is 2.52. The summed E-state index contributed by atoms with van der Waals surface area (Å²) < 4.78 is 4.93. The van der Waals surface area contributed by atoms with Crippen LogP contribution in [0.2, 0.25) is 0 Å². The number of aryl methyl sites for hydroxylation is 1. The molecule has 1 aromatic heterocycles. The zero-order chi connectivity index (χ0) is 8.97. The van der Waals surface area contributed by atoms with Crippen LogP contribution in [-0.4, -0.2) is 10.3 Å². The van der Waals surface area contributed by atoms with Gasteiger partial charge >= 0.3 is 5.88 Å². The lowest BCUT2D eigenvalue weighted by Gasteiger charge is -1.89. The highest BCUT2D eigenvalue weighted by molar-refractivity contribution is 9.09. The van der Waals surface area contributed by atoms with Gasteiger partial charge in [0.05, 0.1) is 6.07 Å². The zero-order valence-corrected chi connectivity index (χ0v) is 7.91. The highest BCUT2D eigenvalue weighted by atomic mass is 79.9. The molecule has 66 valence electrons. The maximum atomic E-state index is 10.2. The molecule has 0 aliphatic rings. The SMILES string of the molecule is O=[N+]([O-])c1ccc(CCCBr)o1. The summed E-state index contributed by atoms with van der Waals surface area (Å²) in [5.74, 6) is 0.487. The molecule has 0 aliphatic heterocycles. The maximum Gasteiger partial charge on any atom is 0.433 e. The predicted molar refractivity (Wildman–Crippen MR) is 47.5 cm³/mol. The van der Waals surface area contributed by atoms with Crippen LogP contribution in [0, 0.1) is 10.1 Å². The molecule has 0 atom stereocenters. The van der Waals surface area contributed by atoms with Crippen molar-refractivity contribution < 1.29 is 9.34 Å². The molecule has 0 saturated heterocycles. The molecule has 0 amide bonds. The monoisotopic (exact) mass is 233 g/mol. The molecule has 0 aliphatic carbocycles. The average molecular weight is 234 g/mol. The van der Waals surface area contributed by atoms with Gasteiger partial charge in [-0.25, -0.2) is 0 Å². The third-order valence-electron chi connectivity index (χ3n) is 1.38. The highest BCUT2D eigenvalue weighted by Crippen LogP contribution is 2.16. The van der Waals surface area contributed by atoms with E-state index in [1.54, 1.807) is 6.07 Å². The van der Waals surface area contributed by atoms with Crippen LogP contribution < -0.4 is 0 Å². The Labute approximate surface area is 77.8 Å². The van der Waals surface area contributed by atoms with E-state index in [4.69, 9.17) is 4.42 Å². The molecular weight excluding hydrogens is 226 g/mol. The van der Waals surface area contributed by atoms with Gasteiger partial charge in [-0.15, -0.1) is 0 Å². The lowest BCUT2D eigenvalue weighted by molar-refractivity contribution is -0.402. The Morgan fingerprint density at radius 2 is 2.33 bits per heavy atom. The van der Waals surface area contributed by atoms with Crippen LogP contribution in [-0.2, 0) is 6.42 Å². The molecule has 0 saturated carbocycles. The fraction of sp³-hybridized carbons (Fsp3) is 0.429. The Kier molecular flexibility index (Phi) is 3.28. The lowest BCUT2D eigenvalue weighted by Crippen LogP contribution is -1.84. The molecule has 0 aromatic carbocycles. The third kappa shape index (κ3) is 2.34. The Morgan fingerprint density at radius 1 is 1.58 bits per heavy atom. The summed E-state index contributed by atoms with van der Waals surface area (Å²) in [5, 5.41) is 11.1. The summed E-state index contributed by atoms with van der Waals surface area (Å²) in [6.45, 7) is 0. The number of furan rings is 1. The van der Waals surface area contributed by atoms with Gasteiger partial charge in [0, 0.05) is 11.8 Å². The van der Waals surface area contributed by atoms with Gasteiger partial charge in [0.15, 0.2) is 0 Å². The second-order valence-corrected chi connectivity index (χ2v) is 3.08. The van der Waals surface area contributed by atoms with E-state index in [9.17, 15) is 10.1 Å². The largest absolute Gasteiger partial charge is 0.433 e. The van der Waals surface area contributed by atoms with Crippen molar-refractivity contribution in [1.29, 1.82) is 0 Å². The van der Waals surface area contributed by atoms with Gasteiger partial charge in [-0.1, -0.05) is 15.9 Å². The van der Waals surface area contributed by atoms with Crippen molar-refractivity contribution in [3.63, 3.8) is 0 Å². The van der Waals surface area contributed by atoms with Crippen molar-refractivity contribution in [2.75, 3.05) is 5.33 Å². The normalized spacial score (nSPS) is 10.1. The minimum Gasteiger partial charge on any atom is -0.406 e. The smallest absolute Gasteiger partial charge is 0.406 e. The first-order valence-corrected chi connectivity index (χ1v) is 4.65. The number of hydrogen-bond acceptors (Lipinski definition) is 3. The van der Waals surface area contributed by atoms with Crippen LogP contribution in [0.5, 0.6) is 0 Å². The first-order chi connectivity index (χ1) is 5.74. The van der Waals surface area contributed by atoms with Gasteiger partial charge in [-0.05, 0) is 12.5 Å². The first kappa shape index (κ1) is 9.25. The van der Waals surface area contributed by atoms with Gasteiger partial charge < -0.3 is 4.42 Å². The number of rotatable bonds is 4. The first-order valence-electron chi connectivity index (χ1n) is 3.53. The third-order valence-corrected chi connectivity index (χ3v) is 1.94. The number of nitro groups is 1. The maximum absolute atomic E-state index is 10.2. The van der Waals surface area contributed by atoms with Gasteiger partial charge in [0.25, 0.3) is 0 Å². The van der Waals surface area contributed by atoms with E-state index < -0.39 is 4.92 Å². The van der Waals surface area contributed by atoms with Crippen molar-refractivity contribution in [2.45, 2.75) is 12.8 Å². The minimum absolute atomic E-state index is 0.181. The molecule has 0 fully saturated rings. The minimum atomic E-state index is -0.530. The van der Waals surface area contributed by atoms with Gasteiger partial charge in [-0.2, -0.15) is 0 Å². The number of hydrogen-bond donors (Lipinski definition) is 0.